The van der Waals surface area contributed by atoms with Gasteiger partial charge in [-0.25, -0.2) is 10.0 Å². The maximum absolute atomic E-state index is 10.9. The van der Waals surface area contributed by atoms with Crippen molar-refractivity contribution in [2.75, 3.05) is 21.1 Å². The second kappa shape index (κ2) is 4.06. The highest BCUT2D eigenvalue weighted by Crippen LogP contribution is 1.89. The van der Waals surface area contributed by atoms with Gasteiger partial charge in [-0.1, -0.05) is 0 Å². The van der Waals surface area contributed by atoms with Crippen LogP contribution in [-0.2, 0) is 9.59 Å². The largest absolute Gasteiger partial charge is 0.550 e. The Morgan fingerprint density at radius 1 is 1.25 bits per heavy atom. The lowest BCUT2D eigenvalue weighted by Crippen LogP contribution is -2.51. The van der Waals surface area contributed by atoms with Crippen LogP contribution in [0.1, 0.15) is 12.8 Å². The van der Waals surface area contributed by atoms with Gasteiger partial charge in [0.25, 0.3) is 5.91 Å². The fourth-order valence-electron chi connectivity index (χ4n) is 0.646. The number of rotatable bonds is 4. The number of hydrogen-bond donors (Lipinski definition) is 1. The molecule has 70 valence electrons. The van der Waals surface area contributed by atoms with Crippen molar-refractivity contribution in [3.05, 3.63) is 0 Å². The number of quaternary nitrogens is 1. The lowest BCUT2D eigenvalue weighted by atomic mass is 10.3. The normalized spacial score (nSPS) is 10.9. The first-order valence-corrected chi connectivity index (χ1v) is 3.63. The van der Waals surface area contributed by atoms with Gasteiger partial charge in [0.05, 0.1) is 21.1 Å². The Morgan fingerprint density at radius 2 is 1.75 bits per heavy atom. The van der Waals surface area contributed by atoms with Gasteiger partial charge in [0.1, 0.15) is 0 Å². The van der Waals surface area contributed by atoms with E-state index in [1.54, 1.807) is 21.1 Å². The zero-order chi connectivity index (χ0) is 9.78. The maximum atomic E-state index is 10.9. The molecule has 0 spiro atoms. The van der Waals surface area contributed by atoms with Crippen LogP contribution in [-0.4, -0.2) is 37.6 Å². The molecule has 0 aromatic carbocycles. The summed E-state index contributed by atoms with van der Waals surface area (Å²) in [6.07, 6.45) is -0.260. The van der Waals surface area contributed by atoms with E-state index in [2.05, 4.69) is 5.43 Å². The van der Waals surface area contributed by atoms with Crippen LogP contribution >= 0.6 is 0 Å². The third-order valence-corrected chi connectivity index (χ3v) is 1.02. The number of aliphatic carboxylic acids is 1. The van der Waals surface area contributed by atoms with Crippen LogP contribution in [0.15, 0.2) is 0 Å². The number of carbonyl (C=O) groups is 2. The molecule has 0 fully saturated rings. The Hall–Kier alpha value is -1.10. The lowest BCUT2D eigenvalue weighted by molar-refractivity contribution is -0.906. The van der Waals surface area contributed by atoms with E-state index < -0.39 is 5.97 Å². The summed E-state index contributed by atoms with van der Waals surface area (Å²) in [5, 5.41) is 9.97. The van der Waals surface area contributed by atoms with Gasteiger partial charge in [-0.15, -0.1) is 0 Å². The number of carboxylic acid groups (broad SMARTS) is 1. The van der Waals surface area contributed by atoms with Gasteiger partial charge in [-0.2, -0.15) is 0 Å². The van der Waals surface area contributed by atoms with Crippen LogP contribution in [0.25, 0.3) is 0 Å². The first-order chi connectivity index (χ1) is 5.31. The van der Waals surface area contributed by atoms with Crippen LogP contribution in [0, 0.1) is 0 Å². The molecular weight excluding hydrogens is 160 g/mol. The minimum absolute atomic E-state index is 0.0299. The Kier molecular flexibility index (Phi) is 3.69. The molecular formula is C7H14N2O3. The molecule has 0 aliphatic carbocycles. The Labute approximate surface area is 71.5 Å². The molecule has 0 unspecified atom stereocenters. The average molecular weight is 174 g/mol. The van der Waals surface area contributed by atoms with Crippen molar-refractivity contribution in [2.45, 2.75) is 12.8 Å². The van der Waals surface area contributed by atoms with Crippen molar-refractivity contribution in [1.29, 1.82) is 0 Å². The van der Waals surface area contributed by atoms with Crippen LogP contribution in [0.3, 0.4) is 0 Å². The van der Waals surface area contributed by atoms with Gasteiger partial charge in [0.15, 0.2) is 0 Å². The van der Waals surface area contributed by atoms with E-state index in [0.29, 0.717) is 0 Å². The second-order valence-corrected chi connectivity index (χ2v) is 3.42. The number of nitrogens with one attached hydrogen (secondary N) is 1. The van der Waals surface area contributed by atoms with Crippen molar-refractivity contribution < 1.29 is 19.3 Å². The molecule has 0 bridgehead atoms. The number of amides is 1. The Morgan fingerprint density at radius 3 is 2.08 bits per heavy atom. The van der Waals surface area contributed by atoms with E-state index in [4.69, 9.17) is 0 Å². The molecule has 0 radical (unpaired) electrons. The fourth-order valence-corrected chi connectivity index (χ4v) is 0.646. The Balaban J connectivity index is 3.68. The van der Waals surface area contributed by atoms with Gasteiger partial charge in [-0.05, 0) is 6.42 Å². The number of hydrogen-bond acceptors (Lipinski definition) is 3. The zero-order valence-corrected chi connectivity index (χ0v) is 7.59. The summed E-state index contributed by atoms with van der Waals surface area (Å²) < 4.78 is 0.284. The lowest BCUT2D eigenvalue weighted by Gasteiger charge is -2.23. The van der Waals surface area contributed by atoms with E-state index in [-0.39, 0.29) is 23.3 Å². The molecule has 0 aliphatic heterocycles. The highest BCUT2D eigenvalue weighted by atomic mass is 16.4. The third kappa shape index (κ3) is 7.01. The molecule has 0 aromatic heterocycles. The summed E-state index contributed by atoms with van der Waals surface area (Å²) in [6, 6.07) is 0. The van der Waals surface area contributed by atoms with E-state index in [9.17, 15) is 14.7 Å². The Bertz CT molecular complexity index is 184. The first-order valence-electron chi connectivity index (χ1n) is 3.63. The SMILES string of the molecule is C[N+](C)(C)NC(=O)CCC(=O)[O-]. The molecule has 0 heterocycles. The summed E-state index contributed by atoms with van der Waals surface area (Å²) in [7, 11) is 5.32. The minimum atomic E-state index is -1.20. The number of carbonyl (C=O) groups excluding carboxylic acids is 2. The molecule has 0 rings (SSSR count). The van der Waals surface area contributed by atoms with Crippen LogP contribution in [0.2, 0.25) is 0 Å². The quantitative estimate of drug-likeness (QED) is 0.406. The maximum Gasteiger partial charge on any atom is 0.265 e. The molecule has 0 saturated heterocycles. The van der Waals surface area contributed by atoms with E-state index in [0.717, 1.165) is 0 Å². The van der Waals surface area contributed by atoms with E-state index >= 15 is 0 Å². The van der Waals surface area contributed by atoms with Gasteiger partial charge in [-0.3, -0.25) is 4.79 Å². The van der Waals surface area contributed by atoms with Gasteiger partial charge >= 0.3 is 0 Å². The molecule has 12 heavy (non-hydrogen) atoms. The summed E-state index contributed by atoms with van der Waals surface area (Å²) in [4.78, 5) is 20.9. The predicted molar refractivity (Wildman–Crippen MR) is 40.4 cm³/mol. The molecule has 1 amide bonds. The van der Waals surface area contributed by atoms with Crippen molar-refractivity contribution in [3.8, 4) is 0 Å². The van der Waals surface area contributed by atoms with Gasteiger partial charge < -0.3 is 9.90 Å². The van der Waals surface area contributed by atoms with Crippen molar-refractivity contribution in [2.24, 2.45) is 0 Å². The van der Waals surface area contributed by atoms with Gasteiger partial charge in [0, 0.05) is 12.4 Å². The highest BCUT2D eigenvalue weighted by molar-refractivity contribution is 5.79. The van der Waals surface area contributed by atoms with Crippen LogP contribution in [0.4, 0.5) is 0 Å². The topological polar surface area (TPSA) is 69.2 Å². The predicted octanol–water partition coefficient (Wildman–Crippen LogP) is -1.75. The summed E-state index contributed by atoms with van der Waals surface area (Å²) >= 11 is 0. The molecule has 0 saturated carbocycles. The summed E-state index contributed by atoms with van der Waals surface area (Å²) in [5.41, 5.74) is 2.58. The minimum Gasteiger partial charge on any atom is -0.550 e. The molecule has 1 N–H and O–H groups in total. The van der Waals surface area contributed by atoms with Crippen molar-refractivity contribution in [1.82, 2.24) is 5.43 Å². The molecule has 5 heteroatoms. The van der Waals surface area contributed by atoms with Crippen LogP contribution in [0.5, 0.6) is 0 Å². The highest BCUT2D eigenvalue weighted by Gasteiger charge is 2.11. The summed E-state index contributed by atoms with van der Waals surface area (Å²) in [5.74, 6) is -1.49. The molecule has 0 aliphatic rings. The standard InChI is InChI=1S/C7H14N2O3/c1-9(2,3)8-6(10)4-5-7(11)12/h4-5H2,1-3H3,(H-,8,10,11,12). The van der Waals surface area contributed by atoms with Gasteiger partial charge in [0.2, 0.25) is 0 Å². The van der Waals surface area contributed by atoms with Crippen LogP contribution < -0.4 is 10.5 Å². The van der Waals surface area contributed by atoms with Crippen molar-refractivity contribution >= 4 is 11.9 Å². The molecule has 5 nitrogen and oxygen atoms in total. The average Bonchev–Trinajstić information content (AvgIpc) is 1.79. The second-order valence-electron chi connectivity index (χ2n) is 3.42. The number of carboxylic acids is 1. The zero-order valence-electron chi connectivity index (χ0n) is 7.59. The summed E-state index contributed by atoms with van der Waals surface area (Å²) in [6.45, 7) is 0. The smallest absolute Gasteiger partial charge is 0.265 e. The van der Waals surface area contributed by atoms with E-state index in [1.807, 2.05) is 0 Å². The monoisotopic (exact) mass is 174 g/mol. The van der Waals surface area contributed by atoms with Crippen molar-refractivity contribution in [3.63, 3.8) is 0 Å². The van der Waals surface area contributed by atoms with E-state index in [1.165, 1.54) is 0 Å². The number of nitrogens with zero attached hydrogens (tertiary/aromatic N) is 1. The first kappa shape index (κ1) is 10.9. The fraction of sp³-hybridized carbons (Fsp3) is 0.714. The third-order valence-electron chi connectivity index (χ3n) is 1.02. The molecule has 0 aromatic rings. The molecule has 0 atom stereocenters.